The molecular formula is C21H28ClN3O6S. The zero-order valence-electron chi connectivity index (χ0n) is 18.7. The van der Waals surface area contributed by atoms with Crippen LogP contribution in [0.2, 0.25) is 5.02 Å². The van der Waals surface area contributed by atoms with Crippen molar-refractivity contribution in [2.75, 3.05) is 59.4 Å². The van der Waals surface area contributed by atoms with E-state index in [-0.39, 0.29) is 22.1 Å². The highest BCUT2D eigenvalue weighted by Crippen LogP contribution is 2.36. The lowest BCUT2D eigenvalue weighted by Crippen LogP contribution is -2.42. The van der Waals surface area contributed by atoms with Crippen LogP contribution in [0.5, 0.6) is 17.2 Å². The smallest absolute Gasteiger partial charge is 0.265 e. The Morgan fingerprint density at radius 1 is 0.969 bits per heavy atom. The van der Waals surface area contributed by atoms with Crippen LogP contribution in [-0.2, 0) is 14.8 Å². The number of hydrogen-bond acceptors (Lipinski definition) is 7. The molecule has 0 unspecified atom stereocenters. The first-order chi connectivity index (χ1) is 15.1. The van der Waals surface area contributed by atoms with Crippen LogP contribution < -0.4 is 23.8 Å². The summed E-state index contributed by atoms with van der Waals surface area (Å²) in [5.74, 6) is 0.388. The number of sulfonamides is 1. The molecule has 0 heterocycles. The maximum atomic E-state index is 13.6. The Kier molecular flexibility index (Phi) is 8.99. The van der Waals surface area contributed by atoms with E-state index >= 15 is 0 Å². The van der Waals surface area contributed by atoms with Crippen LogP contribution >= 0.6 is 11.6 Å². The van der Waals surface area contributed by atoms with Gasteiger partial charge < -0.3 is 24.4 Å². The van der Waals surface area contributed by atoms with E-state index in [0.29, 0.717) is 23.9 Å². The van der Waals surface area contributed by atoms with Gasteiger partial charge in [0.2, 0.25) is 5.91 Å². The van der Waals surface area contributed by atoms with Crippen molar-refractivity contribution in [3.63, 3.8) is 0 Å². The summed E-state index contributed by atoms with van der Waals surface area (Å²) in [6.45, 7) is 0.498. The van der Waals surface area contributed by atoms with Crippen LogP contribution in [0, 0.1) is 0 Å². The number of benzene rings is 2. The van der Waals surface area contributed by atoms with Crippen molar-refractivity contribution in [1.29, 1.82) is 0 Å². The van der Waals surface area contributed by atoms with Gasteiger partial charge in [-0.2, -0.15) is 0 Å². The Balaban J connectivity index is 2.53. The predicted molar refractivity (Wildman–Crippen MR) is 124 cm³/mol. The summed E-state index contributed by atoms with van der Waals surface area (Å²) in [6, 6.07) is 8.75. The number of methoxy groups -OCH3 is 3. The number of carbonyl (C=O) groups excluding carboxylic acids is 1. The van der Waals surface area contributed by atoms with Gasteiger partial charge in [-0.05, 0) is 44.4 Å². The summed E-state index contributed by atoms with van der Waals surface area (Å²) in [6.07, 6.45) is 0. The average Bonchev–Trinajstić information content (AvgIpc) is 2.76. The molecule has 0 fully saturated rings. The molecular weight excluding hydrogens is 458 g/mol. The van der Waals surface area contributed by atoms with Crippen LogP contribution in [0.3, 0.4) is 0 Å². The molecule has 0 atom stereocenters. The van der Waals surface area contributed by atoms with E-state index in [4.69, 9.17) is 25.8 Å². The quantitative estimate of drug-likeness (QED) is 0.521. The Hall–Kier alpha value is -2.69. The number of carbonyl (C=O) groups is 1. The molecule has 11 heteroatoms. The van der Waals surface area contributed by atoms with Crippen LogP contribution in [0.1, 0.15) is 0 Å². The average molecular weight is 486 g/mol. The fraction of sp³-hybridized carbons (Fsp3) is 0.381. The Morgan fingerprint density at radius 2 is 1.59 bits per heavy atom. The number of rotatable bonds is 11. The molecule has 2 aromatic rings. The van der Waals surface area contributed by atoms with Gasteiger partial charge >= 0.3 is 0 Å². The van der Waals surface area contributed by atoms with E-state index in [2.05, 4.69) is 5.32 Å². The molecule has 0 saturated heterocycles. The lowest BCUT2D eigenvalue weighted by Gasteiger charge is -2.26. The van der Waals surface area contributed by atoms with Crippen molar-refractivity contribution < 1.29 is 27.4 Å². The van der Waals surface area contributed by atoms with Gasteiger partial charge in [-0.3, -0.25) is 9.10 Å². The zero-order chi connectivity index (χ0) is 23.9. The summed E-state index contributed by atoms with van der Waals surface area (Å²) < 4.78 is 44.0. The molecule has 0 aliphatic heterocycles. The normalized spacial score (nSPS) is 11.2. The first-order valence-electron chi connectivity index (χ1n) is 9.63. The third-order valence-corrected chi connectivity index (χ3v) is 6.51. The van der Waals surface area contributed by atoms with Gasteiger partial charge in [0.1, 0.15) is 12.3 Å². The Labute approximate surface area is 193 Å². The number of ether oxygens (including phenoxy) is 3. The molecule has 0 saturated carbocycles. The number of halogens is 1. The summed E-state index contributed by atoms with van der Waals surface area (Å²) in [4.78, 5) is 14.5. The van der Waals surface area contributed by atoms with Crippen LogP contribution in [0.25, 0.3) is 0 Å². The summed E-state index contributed by atoms with van der Waals surface area (Å²) in [7, 11) is 3.80. The molecule has 0 spiro atoms. The number of amides is 1. The minimum absolute atomic E-state index is 0.0849. The van der Waals surface area contributed by atoms with E-state index in [9.17, 15) is 13.2 Å². The molecule has 0 aliphatic rings. The van der Waals surface area contributed by atoms with Gasteiger partial charge in [0, 0.05) is 24.2 Å². The maximum Gasteiger partial charge on any atom is 0.265 e. The highest BCUT2D eigenvalue weighted by molar-refractivity contribution is 7.92. The van der Waals surface area contributed by atoms with Crippen molar-refractivity contribution in [1.82, 2.24) is 10.2 Å². The molecule has 0 radical (unpaired) electrons. The molecule has 0 bridgehead atoms. The van der Waals surface area contributed by atoms with Gasteiger partial charge in [0.15, 0.2) is 11.5 Å². The first-order valence-corrected chi connectivity index (χ1v) is 11.5. The van der Waals surface area contributed by atoms with Crippen molar-refractivity contribution in [3.05, 3.63) is 41.4 Å². The lowest BCUT2D eigenvalue weighted by atomic mass is 10.3. The summed E-state index contributed by atoms with van der Waals surface area (Å²) >= 11 is 6.14. The standard InChI is InChI=1S/C21H28ClN3O6S/c1-24(2)11-10-23-21(26)14-25(17-12-15(22)6-8-18(17)29-3)32(27,28)16-7-9-19(30-4)20(13-16)31-5/h6-9,12-13H,10-11,14H2,1-5H3,(H,23,26). The molecule has 9 nitrogen and oxygen atoms in total. The molecule has 1 N–H and O–H groups in total. The summed E-state index contributed by atoms with van der Waals surface area (Å²) in [5.41, 5.74) is 0.137. The minimum atomic E-state index is -4.21. The molecule has 0 aliphatic carbocycles. The molecule has 2 rings (SSSR count). The largest absolute Gasteiger partial charge is 0.495 e. The number of anilines is 1. The van der Waals surface area contributed by atoms with Gasteiger partial charge in [-0.15, -0.1) is 0 Å². The highest BCUT2D eigenvalue weighted by Gasteiger charge is 2.30. The molecule has 176 valence electrons. The van der Waals surface area contributed by atoms with Crippen molar-refractivity contribution in [2.24, 2.45) is 0 Å². The third kappa shape index (κ3) is 6.18. The van der Waals surface area contributed by atoms with Crippen molar-refractivity contribution in [2.45, 2.75) is 4.90 Å². The highest BCUT2D eigenvalue weighted by atomic mass is 35.5. The zero-order valence-corrected chi connectivity index (χ0v) is 20.3. The maximum absolute atomic E-state index is 13.6. The van der Waals surface area contributed by atoms with Gasteiger partial charge in [0.05, 0.1) is 31.9 Å². The van der Waals surface area contributed by atoms with E-state index in [0.717, 1.165) is 4.31 Å². The second-order valence-corrected chi connectivity index (χ2v) is 9.30. The van der Waals surface area contributed by atoms with Crippen LogP contribution in [0.4, 0.5) is 5.69 Å². The fourth-order valence-corrected chi connectivity index (χ4v) is 4.47. The summed E-state index contributed by atoms with van der Waals surface area (Å²) in [5, 5.41) is 3.02. The Morgan fingerprint density at radius 3 is 2.19 bits per heavy atom. The first kappa shape index (κ1) is 25.6. The van der Waals surface area contributed by atoms with Crippen molar-refractivity contribution in [3.8, 4) is 17.2 Å². The number of nitrogens with one attached hydrogen (secondary N) is 1. The van der Waals surface area contributed by atoms with Gasteiger partial charge in [-0.1, -0.05) is 11.6 Å². The molecule has 0 aromatic heterocycles. The SMILES string of the molecule is COc1ccc(S(=O)(=O)N(CC(=O)NCCN(C)C)c2cc(Cl)ccc2OC)cc1OC. The molecule has 1 amide bonds. The predicted octanol–water partition coefficient (Wildman–Crippen LogP) is 2.24. The molecule has 2 aromatic carbocycles. The monoisotopic (exact) mass is 485 g/mol. The lowest BCUT2D eigenvalue weighted by molar-refractivity contribution is -0.119. The van der Waals surface area contributed by atoms with Gasteiger partial charge in [-0.25, -0.2) is 8.42 Å². The fourth-order valence-electron chi connectivity index (χ4n) is 2.87. The number of likely N-dealkylation sites (N-methyl/N-ethyl adjacent to an activating group) is 1. The number of hydrogen-bond donors (Lipinski definition) is 1. The molecule has 32 heavy (non-hydrogen) atoms. The third-order valence-electron chi connectivity index (χ3n) is 4.52. The van der Waals surface area contributed by atoms with E-state index in [1.165, 1.54) is 45.6 Å². The van der Waals surface area contributed by atoms with Gasteiger partial charge in [0.25, 0.3) is 10.0 Å². The second kappa shape index (κ2) is 11.3. The topological polar surface area (TPSA) is 97.4 Å². The minimum Gasteiger partial charge on any atom is -0.495 e. The van der Waals surface area contributed by atoms with E-state index < -0.39 is 22.5 Å². The Bertz CT molecular complexity index is 1050. The second-order valence-electron chi connectivity index (χ2n) is 7.00. The number of nitrogens with zero attached hydrogens (tertiary/aromatic N) is 2. The van der Waals surface area contributed by atoms with Crippen LogP contribution in [-0.4, -0.2) is 74.3 Å². The van der Waals surface area contributed by atoms with E-state index in [1.807, 2.05) is 19.0 Å². The van der Waals surface area contributed by atoms with Crippen LogP contribution in [0.15, 0.2) is 41.3 Å². The van der Waals surface area contributed by atoms with Crippen molar-refractivity contribution >= 4 is 33.2 Å². The van der Waals surface area contributed by atoms with E-state index in [1.54, 1.807) is 12.1 Å².